The Balaban J connectivity index is 2.68. The van der Waals surface area contributed by atoms with Gasteiger partial charge in [0, 0.05) is 18.7 Å². The smallest absolute Gasteiger partial charge is 0.167 e. The van der Waals surface area contributed by atoms with Crippen molar-refractivity contribution in [1.82, 2.24) is 9.55 Å². The van der Waals surface area contributed by atoms with Crippen molar-refractivity contribution in [3.63, 3.8) is 0 Å². The van der Waals surface area contributed by atoms with E-state index in [0.717, 1.165) is 17.9 Å². The van der Waals surface area contributed by atoms with Crippen LogP contribution >= 0.6 is 11.6 Å². The average molecular weight is 285 g/mol. The molecule has 1 atom stereocenters. The summed E-state index contributed by atoms with van der Waals surface area (Å²) in [5, 5.41) is -0.222. The van der Waals surface area contributed by atoms with Crippen LogP contribution in [0.25, 0.3) is 11.0 Å². The molecule has 0 aliphatic carbocycles. The van der Waals surface area contributed by atoms with E-state index in [1.54, 1.807) is 6.07 Å². The lowest BCUT2D eigenvalue weighted by molar-refractivity contribution is 0.387. The summed E-state index contributed by atoms with van der Waals surface area (Å²) in [5.74, 6) is 1.03. The van der Waals surface area contributed by atoms with Crippen LogP contribution in [0.15, 0.2) is 12.1 Å². The first kappa shape index (κ1) is 14.1. The predicted molar refractivity (Wildman–Crippen MR) is 75.3 cm³/mol. The fourth-order valence-corrected chi connectivity index (χ4v) is 2.33. The summed E-state index contributed by atoms with van der Waals surface area (Å²) in [6, 6.07) is 3.08. The van der Waals surface area contributed by atoms with Gasteiger partial charge in [0.15, 0.2) is 11.6 Å². The van der Waals surface area contributed by atoms with Gasteiger partial charge in [-0.15, -0.1) is 11.6 Å². The molecule has 3 nitrogen and oxygen atoms in total. The molecule has 1 aromatic heterocycles. The first-order chi connectivity index (χ1) is 8.93. The highest BCUT2D eigenvalue weighted by Gasteiger charge is 2.18. The third-order valence-electron chi connectivity index (χ3n) is 2.95. The first-order valence-corrected chi connectivity index (χ1v) is 6.75. The van der Waals surface area contributed by atoms with Gasteiger partial charge in [-0.2, -0.15) is 0 Å². The van der Waals surface area contributed by atoms with Crippen molar-refractivity contribution >= 4 is 22.6 Å². The molecule has 0 amide bonds. The Morgan fingerprint density at radius 1 is 1.37 bits per heavy atom. The summed E-state index contributed by atoms with van der Waals surface area (Å²) >= 11 is 6.17. The van der Waals surface area contributed by atoms with Crippen LogP contribution in [0.5, 0.6) is 5.75 Å². The minimum Gasteiger partial charge on any atom is -0.494 e. The summed E-state index contributed by atoms with van der Waals surface area (Å²) in [5.41, 5.74) is 1.47. The second kappa shape index (κ2) is 5.37. The van der Waals surface area contributed by atoms with Gasteiger partial charge in [0.2, 0.25) is 0 Å². The van der Waals surface area contributed by atoms with E-state index in [2.05, 4.69) is 18.8 Å². The topological polar surface area (TPSA) is 27.1 Å². The van der Waals surface area contributed by atoms with Gasteiger partial charge >= 0.3 is 0 Å². The zero-order valence-electron chi connectivity index (χ0n) is 11.6. The van der Waals surface area contributed by atoms with E-state index in [9.17, 15) is 4.39 Å². The number of fused-ring (bicyclic) bond motifs is 1. The molecule has 1 unspecified atom stereocenters. The van der Waals surface area contributed by atoms with Crippen molar-refractivity contribution in [1.29, 1.82) is 0 Å². The fourth-order valence-electron chi connectivity index (χ4n) is 2.16. The number of benzene rings is 1. The van der Waals surface area contributed by atoms with Gasteiger partial charge in [-0.1, -0.05) is 13.8 Å². The molecule has 1 aromatic carbocycles. The molecule has 0 radical (unpaired) electrons. The average Bonchev–Trinajstić information content (AvgIpc) is 2.65. The van der Waals surface area contributed by atoms with Gasteiger partial charge < -0.3 is 9.30 Å². The highest BCUT2D eigenvalue weighted by Crippen LogP contribution is 2.29. The summed E-state index contributed by atoms with van der Waals surface area (Å²) < 4.78 is 20.8. The molecule has 1 heterocycles. The Bertz CT molecular complexity index is 593. The highest BCUT2D eigenvalue weighted by molar-refractivity contribution is 6.20. The Morgan fingerprint density at radius 3 is 2.58 bits per heavy atom. The minimum absolute atomic E-state index is 0.222. The Morgan fingerprint density at radius 2 is 2.05 bits per heavy atom. The maximum absolute atomic E-state index is 13.7. The molecule has 0 saturated carbocycles. The number of ether oxygens (including phenoxy) is 1. The van der Waals surface area contributed by atoms with Crippen molar-refractivity contribution in [3.05, 3.63) is 23.8 Å². The summed E-state index contributed by atoms with van der Waals surface area (Å²) in [6.07, 6.45) is 0. The van der Waals surface area contributed by atoms with Gasteiger partial charge in [0.1, 0.15) is 5.82 Å². The van der Waals surface area contributed by atoms with E-state index in [1.807, 2.05) is 11.5 Å². The molecular weight excluding hydrogens is 267 g/mol. The van der Waals surface area contributed by atoms with E-state index in [-0.39, 0.29) is 11.1 Å². The summed E-state index contributed by atoms with van der Waals surface area (Å²) in [7, 11) is 1.46. The molecule has 2 rings (SSSR count). The van der Waals surface area contributed by atoms with Gasteiger partial charge in [-0.05, 0) is 12.8 Å². The Labute approximate surface area is 117 Å². The molecule has 0 saturated heterocycles. The largest absolute Gasteiger partial charge is 0.494 e. The molecule has 0 fully saturated rings. The van der Waals surface area contributed by atoms with Crippen LogP contribution in [0.1, 0.15) is 32.0 Å². The molecule has 0 aliphatic rings. The van der Waals surface area contributed by atoms with Gasteiger partial charge in [0.25, 0.3) is 0 Å². The summed E-state index contributed by atoms with van der Waals surface area (Å²) in [4.78, 5) is 4.44. The molecule has 2 aromatic rings. The number of halogens is 2. The zero-order valence-corrected chi connectivity index (χ0v) is 12.3. The molecule has 0 spiro atoms. The van der Waals surface area contributed by atoms with Crippen molar-refractivity contribution in [2.45, 2.75) is 32.7 Å². The number of rotatable bonds is 4. The Hall–Kier alpha value is -1.29. The van der Waals surface area contributed by atoms with Crippen LogP contribution in [-0.2, 0) is 6.54 Å². The lowest BCUT2D eigenvalue weighted by Crippen LogP contribution is -2.09. The van der Waals surface area contributed by atoms with E-state index < -0.39 is 5.82 Å². The predicted octanol–water partition coefficient (Wildman–Crippen LogP) is 4.14. The van der Waals surface area contributed by atoms with Crippen LogP contribution < -0.4 is 4.74 Å². The van der Waals surface area contributed by atoms with Crippen molar-refractivity contribution in [3.8, 4) is 5.75 Å². The first-order valence-electron chi connectivity index (χ1n) is 6.31. The zero-order chi connectivity index (χ0) is 14.2. The Kier molecular flexibility index (Phi) is 3.99. The second-order valence-corrected chi connectivity index (χ2v) is 5.72. The monoisotopic (exact) mass is 284 g/mol. The molecule has 5 heteroatoms. The van der Waals surface area contributed by atoms with Crippen LogP contribution in [-0.4, -0.2) is 16.7 Å². The highest BCUT2D eigenvalue weighted by atomic mass is 35.5. The second-order valence-electron chi connectivity index (χ2n) is 5.07. The number of aromatic nitrogens is 2. The molecule has 19 heavy (non-hydrogen) atoms. The van der Waals surface area contributed by atoms with Crippen LogP contribution in [0, 0.1) is 11.7 Å². The number of nitrogens with zero attached hydrogens (tertiary/aromatic N) is 2. The van der Waals surface area contributed by atoms with Gasteiger partial charge in [0.05, 0.1) is 23.5 Å². The molecule has 0 aliphatic heterocycles. The van der Waals surface area contributed by atoms with Gasteiger partial charge in [-0.3, -0.25) is 0 Å². The fraction of sp³-hybridized carbons (Fsp3) is 0.500. The quantitative estimate of drug-likeness (QED) is 0.789. The maximum atomic E-state index is 13.7. The van der Waals surface area contributed by atoms with E-state index >= 15 is 0 Å². The van der Waals surface area contributed by atoms with E-state index in [1.165, 1.54) is 13.2 Å². The SMILES string of the molecule is COc1cc2c(cc1F)nc(C(C)Cl)n2CC(C)C. The van der Waals surface area contributed by atoms with Crippen molar-refractivity contribution in [2.75, 3.05) is 7.11 Å². The van der Waals surface area contributed by atoms with Crippen LogP contribution in [0.2, 0.25) is 0 Å². The number of hydrogen-bond donors (Lipinski definition) is 0. The van der Waals surface area contributed by atoms with Gasteiger partial charge in [-0.25, -0.2) is 9.37 Å². The third-order valence-corrected chi connectivity index (χ3v) is 3.15. The lowest BCUT2D eigenvalue weighted by Gasteiger charge is -2.13. The number of alkyl halides is 1. The third kappa shape index (κ3) is 2.68. The van der Waals surface area contributed by atoms with Crippen LogP contribution in [0.3, 0.4) is 0 Å². The van der Waals surface area contributed by atoms with Crippen molar-refractivity contribution in [2.24, 2.45) is 5.92 Å². The lowest BCUT2D eigenvalue weighted by atomic mass is 10.2. The van der Waals surface area contributed by atoms with Crippen LogP contribution in [0.4, 0.5) is 4.39 Å². The molecule has 0 N–H and O–H groups in total. The normalized spacial score (nSPS) is 13.2. The summed E-state index contributed by atoms with van der Waals surface area (Å²) in [6.45, 7) is 6.90. The van der Waals surface area contributed by atoms with E-state index in [0.29, 0.717) is 11.4 Å². The number of hydrogen-bond acceptors (Lipinski definition) is 2. The number of methoxy groups -OCH3 is 1. The maximum Gasteiger partial charge on any atom is 0.167 e. The standard InChI is InChI=1S/C14H18ClFN2O/c1-8(2)7-18-12-6-13(19-4)10(16)5-11(12)17-14(18)9(3)15/h5-6,8-9H,7H2,1-4H3. The number of imidazole rings is 1. The molecule has 104 valence electrons. The molecular formula is C14H18ClFN2O. The van der Waals surface area contributed by atoms with Crippen molar-refractivity contribution < 1.29 is 9.13 Å². The minimum atomic E-state index is -0.405. The van der Waals surface area contributed by atoms with E-state index in [4.69, 9.17) is 16.3 Å². The molecule has 0 bridgehead atoms.